The van der Waals surface area contributed by atoms with Crippen LogP contribution < -0.4 is 10.2 Å². The van der Waals surface area contributed by atoms with Crippen LogP contribution in [0.4, 0.5) is 16.2 Å². The molecule has 1 aromatic carbocycles. The Labute approximate surface area is 139 Å². The van der Waals surface area contributed by atoms with E-state index >= 15 is 0 Å². The summed E-state index contributed by atoms with van der Waals surface area (Å²) in [4.78, 5) is 16.0. The first-order valence-corrected chi connectivity index (χ1v) is 8.18. The number of amides is 1. The number of ether oxygens (including phenoxy) is 1. The summed E-state index contributed by atoms with van der Waals surface area (Å²) in [5, 5.41) is 3.56. The Morgan fingerprint density at radius 1 is 1.35 bits per heavy atom. The zero-order chi connectivity index (χ0) is 17.2. The van der Waals surface area contributed by atoms with E-state index in [-0.39, 0.29) is 12.1 Å². The van der Waals surface area contributed by atoms with Crippen molar-refractivity contribution in [2.45, 2.75) is 45.8 Å². The minimum absolute atomic E-state index is 0.221. The highest BCUT2D eigenvalue weighted by Crippen LogP contribution is 2.24. The highest BCUT2D eigenvalue weighted by atomic mass is 16.6. The van der Waals surface area contributed by atoms with Crippen molar-refractivity contribution in [1.82, 2.24) is 4.90 Å². The van der Waals surface area contributed by atoms with E-state index in [1.165, 1.54) is 11.3 Å². The molecule has 1 unspecified atom stereocenters. The maximum Gasteiger partial charge on any atom is 0.410 e. The molecule has 0 radical (unpaired) electrons. The third-order valence-corrected chi connectivity index (χ3v) is 3.93. The second kappa shape index (κ2) is 6.69. The number of rotatable bonds is 3. The number of likely N-dealkylation sites (tertiary alicyclic amines) is 1. The van der Waals surface area contributed by atoms with Gasteiger partial charge in [0, 0.05) is 44.6 Å². The standard InChI is InChI=1S/C18H29N3O2/c1-13-11-15(20(5)6)7-8-16(13)19-14-9-10-21(12-14)17(22)23-18(2,3)4/h7-8,11,14,19H,9-10,12H2,1-6H3. The van der Waals surface area contributed by atoms with Crippen molar-refractivity contribution in [1.29, 1.82) is 0 Å². The zero-order valence-electron chi connectivity index (χ0n) is 15.1. The van der Waals surface area contributed by atoms with Gasteiger partial charge in [-0.2, -0.15) is 0 Å². The molecule has 5 heteroatoms. The van der Waals surface area contributed by atoms with Crippen LogP contribution in [-0.4, -0.2) is 49.8 Å². The molecular formula is C18H29N3O2. The fourth-order valence-corrected chi connectivity index (χ4v) is 2.68. The van der Waals surface area contributed by atoms with Crippen LogP contribution in [-0.2, 0) is 4.74 Å². The zero-order valence-corrected chi connectivity index (χ0v) is 15.1. The van der Waals surface area contributed by atoms with Crippen LogP contribution in [0, 0.1) is 6.92 Å². The summed E-state index contributed by atoms with van der Waals surface area (Å²) >= 11 is 0. The molecule has 0 aromatic heterocycles. The molecule has 1 fully saturated rings. The Hall–Kier alpha value is -1.91. The van der Waals surface area contributed by atoms with Crippen LogP contribution in [0.5, 0.6) is 0 Å². The number of hydrogen-bond acceptors (Lipinski definition) is 4. The number of nitrogens with zero attached hydrogens (tertiary/aromatic N) is 2. The maximum absolute atomic E-state index is 12.1. The summed E-state index contributed by atoms with van der Waals surface area (Å²) in [6, 6.07) is 6.66. The molecule has 1 atom stereocenters. The Balaban J connectivity index is 1.94. The number of nitrogens with one attached hydrogen (secondary N) is 1. The third kappa shape index (κ3) is 4.78. The van der Waals surface area contributed by atoms with Gasteiger partial charge >= 0.3 is 6.09 Å². The lowest BCUT2D eigenvalue weighted by molar-refractivity contribution is 0.0293. The monoisotopic (exact) mass is 319 g/mol. The van der Waals surface area contributed by atoms with Gasteiger partial charge in [0.05, 0.1) is 0 Å². The van der Waals surface area contributed by atoms with E-state index in [2.05, 4.69) is 35.3 Å². The first-order valence-electron chi connectivity index (χ1n) is 8.18. The molecule has 1 amide bonds. The van der Waals surface area contributed by atoms with Crippen LogP contribution in [0.1, 0.15) is 32.8 Å². The molecule has 1 N–H and O–H groups in total. The van der Waals surface area contributed by atoms with Crippen molar-refractivity contribution in [2.24, 2.45) is 0 Å². The van der Waals surface area contributed by atoms with Gasteiger partial charge in [0.15, 0.2) is 0 Å². The fourth-order valence-electron chi connectivity index (χ4n) is 2.68. The van der Waals surface area contributed by atoms with Crippen molar-refractivity contribution in [2.75, 3.05) is 37.4 Å². The second-order valence-electron chi connectivity index (χ2n) is 7.45. The maximum atomic E-state index is 12.1. The summed E-state index contributed by atoms with van der Waals surface area (Å²) in [7, 11) is 4.08. The number of carbonyl (C=O) groups excluding carboxylic acids is 1. The fraction of sp³-hybridized carbons (Fsp3) is 0.611. The van der Waals surface area contributed by atoms with Crippen molar-refractivity contribution in [3.05, 3.63) is 23.8 Å². The van der Waals surface area contributed by atoms with Gasteiger partial charge < -0.3 is 19.9 Å². The van der Waals surface area contributed by atoms with Crippen molar-refractivity contribution >= 4 is 17.5 Å². The van der Waals surface area contributed by atoms with Gasteiger partial charge in [0.25, 0.3) is 0 Å². The summed E-state index contributed by atoms with van der Waals surface area (Å²) in [6.45, 7) is 9.21. The Morgan fingerprint density at radius 2 is 2.04 bits per heavy atom. The van der Waals surface area contributed by atoms with Crippen LogP contribution >= 0.6 is 0 Å². The molecule has 0 bridgehead atoms. The third-order valence-electron chi connectivity index (χ3n) is 3.93. The first-order chi connectivity index (χ1) is 10.7. The number of benzene rings is 1. The van der Waals surface area contributed by atoms with Gasteiger partial charge in [-0.15, -0.1) is 0 Å². The largest absolute Gasteiger partial charge is 0.444 e. The van der Waals surface area contributed by atoms with Gasteiger partial charge in [-0.3, -0.25) is 0 Å². The lowest BCUT2D eigenvalue weighted by Gasteiger charge is -2.24. The summed E-state index contributed by atoms with van der Waals surface area (Å²) in [5.41, 5.74) is 3.09. The lowest BCUT2D eigenvalue weighted by atomic mass is 10.1. The molecule has 1 aliphatic rings. The lowest BCUT2D eigenvalue weighted by Crippen LogP contribution is -2.36. The van der Waals surface area contributed by atoms with E-state index in [1.54, 1.807) is 4.90 Å². The van der Waals surface area contributed by atoms with Crippen molar-refractivity contribution in [3.8, 4) is 0 Å². The summed E-state index contributed by atoms with van der Waals surface area (Å²) in [6.07, 6.45) is 0.718. The van der Waals surface area contributed by atoms with E-state index in [0.717, 1.165) is 18.7 Å². The van der Waals surface area contributed by atoms with Crippen LogP contribution in [0.15, 0.2) is 18.2 Å². The van der Waals surface area contributed by atoms with Gasteiger partial charge in [0.1, 0.15) is 5.60 Å². The van der Waals surface area contributed by atoms with Crippen molar-refractivity contribution in [3.63, 3.8) is 0 Å². The highest BCUT2D eigenvalue weighted by Gasteiger charge is 2.29. The Morgan fingerprint density at radius 3 is 2.61 bits per heavy atom. The molecular weight excluding hydrogens is 290 g/mol. The molecule has 23 heavy (non-hydrogen) atoms. The molecule has 0 saturated carbocycles. The molecule has 1 aromatic rings. The number of carbonyl (C=O) groups is 1. The Bertz CT molecular complexity index is 564. The van der Waals surface area contributed by atoms with Crippen LogP contribution in [0.3, 0.4) is 0 Å². The minimum atomic E-state index is -0.443. The van der Waals surface area contributed by atoms with Gasteiger partial charge in [-0.25, -0.2) is 4.79 Å². The van der Waals surface area contributed by atoms with E-state index in [4.69, 9.17) is 4.74 Å². The summed E-state index contributed by atoms with van der Waals surface area (Å²) < 4.78 is 5.44. The van der Waals surface area contributed by atoms with E-state index in [0.29, 0.717) is 6.54 Å². The van der Waals surface area contributed by atoms with Crippen molar-refractivity contribution < 1.29 is 9.53 Å². The highest BCUT2D eigenvalue weighted by molar-refractivity contribution is 5.69. The molecule has 1 heterocycles. The topological polar surface area (TPSA) is 44.8 Å². The van der Waals surface area contributed by atoms with E-state index in [1.807, 2.05) is 34.9 Å². The molecule has 0 aliphatic carbocycles. The summed E-state index contributed by atoms with van der Waals surface area (Å²) in [5.74, 6) is 0. The molecule has 5 nitrogen and oxygen atoms in total. The average Bonchev–Trinajstić information content (AvgIpc) is 2.87. The van der Waals surface area contributed by atoms with E-state index in [9.17, 15) is 4.79 Å². The van der Waals surface area contributed by atoms with Gasteiger partial charge in [-0.1, -0.05) is 0 Å². The molecule has 0 spiro atoms. The number of hydrogen-bond donors (Lipinski definition) is 1. The quantitative estimate of drug-likeness (QED) is 0.926. The molecule has 128 valence electrons. The van der Waals surface area contributed by atoms with Gasteiger partial charge in [-0.05, 0) is 57.9 Å². The predicted molar refractivity (Wildman–Crippen MR) is 95.3 cm³/mol. The van der Waals surface area contributed by atoms with Gasteiger partial charge in [0.2, 0.25) is 0 Å². The smallest absolute Gasteiger partial charge is 0.410 e. The number of aryl methyl sites for hydroxylation is 1. The minimum Gasteiger partial charge on any atom is -0.444 e. The van der Waals surface area contributed by atoms with Crippen LogP contribution in [0.25, 0.3) is 0 Å². The van der Waals surface area contributed by atoms with Crippen LogP contribution in [0.2, 0.25) is 0 Å². The second-order valence-corrected chi connectivity index (χ2v) is 7.45. The van der Waals surface area contributed by atoms with E-state index < -0.39 is 5.60 Å². The average molecular weight is 319 g/mol. The molecule has 2 rings (SSSR count). The molecule has 1 aliphatic heterocycles. The SMILES string of the molecule is Cc1cc(N(C)C)ccc1NC1CCN(C(=O)OC(C)(C)C)C1. The Kier molecular flexibility index (Phi) is 5.07. The molecule has 1 saturated heterocycles. The normalized spacial score (nSPS) is 18.0. The first kappa shape index (κ1) is 17.4. The number of anilines is 2. The predicted octanol–water partition coefficient (Wildman–Crippen LogP) is 3.48.